The molecule has 1 atom stereocenters. The Morgan fingerprint density at radius 3 is 2.27 bits per heavy atom. The zero-order chi connectivity index (χ0) is 16.7. The zero-order valence-electron chi connectivity index (χ0n) is 12.7. The normalized spacial score (nSPS) is 22.2. The molecule has 120 valence electrons. The van der Waals surface area contributed by atoms with Crippen LogP contribution in [0.4, 0.5) is 0 Å². The van der Waals surface area contributed by atoms with Gasteiger partial charge in [0.1, 0.15) is 5.54 Å². The standard InChI is InChI=1S/C14H17ClN2O4S/c1-9(2)14(3)12(18)17(13(16-14)21-4)22(19,20)11-7-5-10(15)6-8-11/h5-9H,1-4H3. The van der Waals surface area contributed by atoms with Crippen LogP contribution in [-0.4, -0.2) is 37.3 Å². The maximum atomic E-state index is 12.7. The first-order chi connectivity index (χ1) is 10.1. The van der Waals surface area contributed by atoms with Gasteiger partial charge in [0, 0.05) is 5.02 Å². The van der Waals surface area contributed by atoms with Crippen LogP contribution in [0.15, 0.2) is 34.2 Å². The van der Waals surface area contributed by atoms with Crippen LogP contribution in [0.25, 0.3) is 0 Å². The number of nitrogens with zero attached hydrogens (tertiary/aromatic N) is 2. The molecule has 1 unspecified atom stereocenters. The first-order valence-corrected chi connectivity index (χ1v) is 8.45. The minimum Gasteiger partial charge on any atom is -0.467 e. The molecule has 0 saturated heterocycles. The van der Waals surface area contributed by atoms with Gasteiger partial charge in [0.15, 0.2) is 0 Å². The average Bonchev–Trinajstić information content (AvgIpc) is 2.73. The summed E-state index contributed by atoms with van der Waals surface area (Å²) in [5.41, 5.74) is -1.18. The van der Waals surface area contributed by atoms with Gasteiger partial charge in [-0.25, -0.2) is 13.4 Å². The minimum absolute atomic E-state index is 0.0528. The van der Waals surface area contributed by atoms with E-state index >= 15 is 0 Å². The SMILES string of the molecule is COC1=NC(C)(C(C)C)C(=O)N1S(=O)(=O)c1ccc(Cl)cc1. The number of rotatable bonds is 3. The lowest BCUT2D eigenvalue weighted by molar-refractivity contribution is -0.128. The van der Waals surface area contributed by atoms with E-state index in [-0.39, 0.29) is 16.8 Å². The van der Waals surface area contributed by atoms with Crippen molar-refractivity contribution in [2.45, 2.75) is 31.2 Å². The number of sulfonamides is 1. The molecule has 0 N–H and O–H groups in total. The number of aliphatic imine (C=N–C) groups is 1. The highest BCUT2D eigenvalue weighted by Gasteiger charge is 2.52. The lowest BCUT2D eigenvalue weighted by Crippen LogP contribution is -2.46. The third-order valence-corrected chi connectivity index (χ3v) is 5.70. The number of carbonyl (C=O) groups excluding carboxylic acids is 1. The zero-order valence-corrected chi connectivity index (χ0v) is 14.3. The molecular weight excluding hydrogens is 328 g/mol. The van der Waals surface area contributed by atoms with Gasteiger partial charge in [-0.05, 0) is 37.1 Å². The Labute approximate surface area is 134 Å². The van der Waals surface area contributed by atoms with Gasteiger partial charge in [-0.2, -0.15) is 4.31 Å². The van der Waals surface area contributed by atoms with Gasteiger partial charge in [-0.1, -0.05) is 25.4 Å². The molecule has 0 aliphatic carbocycles. The third kappa shape index (κ3) is 2.48. The molecule has 1 aromatic carbocycles. The predicted octanol–water partition coefficient (Wildman–Crippen LogP) is 2.29. The van der Waals surface area contributed by atoms with Crippen molar-refractivity contribution in [3.63, 3.8) is 0 Å². The van der Waals surface area contributed by atoms with Gasteiger partial charge < -0.3 is 4.74 Å². The molecule has 0 aromatic heterocycles. The van der Waals surface area contributed by atoms with E-state index in [1.807, 2.05) is 0 Å². The van der Waals surface area contributed by atoms with Gasteiger partial charge in [-0.3, -0.25) is 4.79 Å². The van der Waals surface area contributed by atoms with Crippen molar-refractivity contribution in [1.29, 1.82) is 0 Å². The van der Waals surface area contributed by atoms with E-state index in [1.54, 1.807) is 20.8 Å². The van der Waals surface area contributed by atoms with E-state index in [4.69, 9.17) is 16.3 Å². The Hall–Kier alpha value is -1.60. The van der Waals surface area contributed by atoms with Crippen molar-refractivity contribution >= 4 is 33.6 Å². The van der Waals surface area contributed by atoms with Crippen LogP contribution in [-0.2, 0) is 19.6 Å². The Morgan fingerprint density at radius 2 is 1.82 bits per heavy atom. The van der Waals surface area contributed by atoms with Crippen molar-refractivity contribution < 1.29 is 17.9 Å². The van der Waals surface area contributed by atoms with Crippen LogP contribution in [0.3, 0.4) is 0 Å². The molecule has 6 nitrogen and oxygen atoms in total. The average molecular weight is 345 g/mol. The molecular formula is C14H17ClN2O4S. The van der Waals surface area contributed by atoms with Gasteiger partial charge in [0.05, 0.1) is 12.0 Å². The lowest BCUT2D eigenvalue weighted by Gasteiger charge is -2.24. The number of methoxy groups -OCH3 is 1. The van der Waals surface area contributed by atoms with Crippen LogP contribution in [0.2, 0.25) is 5.02 Å². The number of hydrogen-bond acceptors (Lipinski definition) is 5. The highest BCUT2D eigenvalue weighted by atomic mass is 35.5. The summed E-state index contributed by atoms with van der Waals surface area (Å²) in [7, 11) is -2.82. The molecule has 1 aromatic rings. The predicted molar refractivity (Wildman–Crippen MR) is 83.2 cm³/mol. The highest BCUT2D eigenvalue weighted by Crippen LogP contribution is 2.34. The number of amidine groups is 1. The molecule has 0 saturated carbocycles. The molecule has 1 heterocycles. The van der Waals surface area contributed by atoms with E-state index < -0.39 is 21.5 Å². The number of halogens is 1. The van der Waals surface area contributed by atoms with Crippen molar-refractivity contribution in [2.75, 3.05) is 7.11 Å². The van der Waals surface area contributed by atoms with E-state index in [2.05, 4.69) is 4.99 Å². The van der Waals surface area contributed by atoms with Crippen molar-refractivity contribution in [3.8, 4) is 0 Å². The van der Waals surface area contributed by atoms with Gasteiger partial charge in [0.25, 0.3) is 15.9 Å². The van der Waals surface area contributed by atoms with Crippen LogP contribution in [0.5, 0.6) is 0 Å². The molecule has 1 amide bonds. The maximum absolute atomic E-state index is 12.7. The summed E-state index contributed by atoms with van der Waals surface area (Å²) >= 11 is 5.77. The number of benzene rings is 1. The second kappa shape index (κ2) is 5.55. The van der Waals surface area contributed by atoms with E-state index in [0.717, 1.165) is 0 Å². The number of ether oxygens (including phenoxy) is 1. The first kappa shape index (κ1) is 16.8. The molecule has 0 bridgehead atoms. The minimum atomic E-state index is -4.10. The summed E-state index contributed by atoms with van der Waals surface area (Å²) in [4.78, 5) is 16.8. The summed E-state index contributed by atoms with van der Waals surface area (Å²) in [6.45, 7) is 5.19. The van der Waals surface area contributed by atoms with Crippen LogP contribution in [0.1, 0.15) is 20.8 Å². The molecule has 1 aliphatic heterocycles. The first-order valence-electron chi connectivity index (χ1n) is 6.63. The quantitative estimate of drug-likeness (QED) is 0.843. The second-order valence-corrected chi connectivity index (χ2v) is 7.65. The molecule has 0 spiro atoms. The number of amides is 1. The highest BCUT2D eigenvalue weighted by molar-refractivity contribution is 7.90. The number of carbonyl (C=O) groups is 1. The summed E-state index contributed by atoms with van der Waals surface area (Å²) in [6.07, 6.45) is 0. The monoisotopic (exact) mass is 344 g/mol. The fourth-order valence-electron chi connectivity index (χ4n) is 2.01. The number of hydrogen-bond donors (Lipinski definition) is 0. The van der Waals surface area contributed by atoms with Gasteiger partial charge in [0.2, 0.25) is 0 Å². The molecule has 2 rings (SSSR count). The Balaban J connectivity index is 2.54. The fraction of sp³-hybridized carbons (Fsp3) is 0.429. The Morgan fingerprint density at radius 1 is 1.27 bits per heavy atom. The van der Waals surface area contributed by atoms with Crippen molar-refractivity contribution in [2.24, 2.45) is 10.9 Å². The van der Waals surface area contributed by atoms with Crippen LogP contribution < -0.4 is 0 Å². The summed E-state index contributed by atoms with van der Waals surface area (Å²) in [6, 6.07) is 5.34. The molecule has 0 fully saturated rings. The van der Waals surface area contributed by atoms with Crippen LogP contribution >= 0.6 is 11.6 Å². The smallest absolute Gasteiger partial charge is 0.309 e. The van der Waals surface area contributed by atoms with E-state index in [1.165, 1.54) is 31.4 Å². The van der Waals surface area contributed by atoms with Crippen molar-refractivity contribution in [1.82, 2.24) is 4.31 Å². The summed E-state index contributed by atoms with van der Waals surface area (Å²) in [5.74, 6) is -0.815. The van der Waals surface area contributed by atoms with Crippen LogP contribution in [0, 0.1) is 5.92 Å². The molecule has 1 aliphatic rings. The fourth-order valence-corrected chi connectivity index (χ4v) is 3.55. The summed E-state index contributed by atoms with van der Waals surface area (Å²) in [5, 5.41) is 0.402. The van der Waals surface area contributed by atoms with E-state index in [0.29, 0.717) is 9.33 Å². The molecule has 22 heavy (non-hydrogen) atoms. The Kier molecular flexibility index (Phi) is 4.23. The lowest BCUT2D eigenvalue weighted by atomic mass is 9.89. The van der Waals surface area contributed by atoms with Crippen molar-refractivity contribution in [3.05, 3.63) is 29.3 Å². The van der Waals surface area contributed by atoms with Gasteiger partial charge >= 0.3 is 6.02 Å². The molecule has 0 radical (unpaired) electrons. The maximum Gasteiger partial charge on any atom is 0.309 e. The second-order valence-electron chi connectivity index (χ2n) is 5.43. The summed E-state index contributed by atoms with van der Waals surface area (Å²) < 4.78 is 31.1. The van der Waals surface area contributed by atoms with E-state index in [9.17, 15) is 13.2 Å². The molecule has 8 heteroatoms. The Bertz CT molecular complexity index is 728. The largest absolute Gasteiger partial charge is 0.467 e. The topological polar surface area (TPSA) is 76.0 Å². The third-order valence-electron chi connectivity index (χ3n) is 3.78. The van der Waals surface area contributed by atoms with Gasteiger partial charge in [-0.15, -0.1) is 0 Å².